The number of amides is 1. The van der Waals surface area contributed by atoms with Crippen LogP contribution in [-0.2, 0) is 14.3 Å². The van der Waals surface area contributed by atoms with Gasteiger partial charge in [0.05, 0.1) is 19.6 Å². The predicted molar refractivity (Wildman–Crippen MR) is 52.3 cm³/mol. The summed E-state index contributed by atoms with van der Waals surface area (Å²) in [6.45, 7) is 3.53. The molecular formula is C9H18N2O3. The summed E-state index contributed by atoms with van der Waals surface area (Å²) in [5, 5.41) is 3.14. The number of hydrogen-bond acceptors (Lipinski definition) is 4. The normalized spacial score (nSPS) is 12.4. The van der Waals surface area contributed by atoms with E-state index in [4.69, 9.17) is 0 Å². The van der Waals surface area contributed by atoms with E-state index in [2.05, 4.69) is 4.74 Å². The number of esters is 1. The van der Waals surface area contributed by atoms with Gasteiger partial charge in [-0.15, -0.1) is 0 Å². The Morgan fingerprint density at radius 1 is 1.36 bits per heavy atom. The molecule has 0 N–H and O–H groups in total. The van der Waals surface area contributed by atoms with Crippen LogP contribution < -0.4 is 0 Å². The SMILES string of the molecule is COC(=O)C(C)CN(C(C)=O)N(C)C. The predicted octanol–water partition coefficient (Wildman–Crippen LogP) is 0.121. The van der Waals surface area contributed by atoms with Crippen LogP contribution in [0.5, 0.6) is 0 Å². The third-order valence-corrected chi connectivity index (χ3v) is 1.90. The minimum absolute atomic E-state index is 0.0919. The molecule has 0 aliphatic heterocycles. The summed E-state index contributed by atoms with van der Waals surface area (Å²) >= 11 is 0. The van der Waals surface area contributed by atoms with Gasteiger partial charge in [-0.3, -0.25) is 14.6 Å². The van der Waals surface area contributed by atoms with Crippen LogP contribution in [0.1, 0.15) is 13.8 Å². The van der Waals surface area contributed by atoms with Crippen molar-refractivity contribution in [1.82, 2.24) is 10.0 Å². The summed E-state index contributed by atoms with van der Waals surface area (Å²) in [5.74, 6) is -0.713. The average molecular weight is 202 g/mol. The van der Waals surface area contributed by atoms with E-state index in [9.17, 15) is 9.59 Å². The first-order valence-electron chi connectivity index (χ1n) is 4.43. The van der Waals surface area contributed by atoms with Crippen LogP contribution in [0.15, 0.2) is 0 Å². The minimum Gasteiger partial charge on any atom is -0.469 e. The Morgan fingerprint density at radius 3 is 2.14 bits per heavy atom. The van der Waals surface area contributed by atoms with Crippen molar-refractivity contribution in [3.8, 4) is 0 Å². The molecule has 0 aromatic carbocycles. The molecule has 0 aliphatic carbocycles. The maximum atomic E-state index is 11.2. The largest absolute Gasteiger partial charge is 0.469 e. The first-order chi connectivity index (χ1) is 6.40. The van der Waals surface area contributed by atoms with Crippen molar-refractivity contribution < 1.29 is 14.3 Å². The second kappa shape index (κ2) is 5.59. The maximum absolute atomic E-state index is 11.2. The van der Waals surface area contributed by atoms with Crippen molar-refractivity contribution in [2.24, 2.45) is 5.92 Å². The van der Waals surface area contributed by atoms with Gasteiger partial charge in [0.1, 0.15) is 0 Å². The monoisotopic (exact) mass is 202 g/mol. The Hall–Kier alpha value is -1.10. The number of methoxy groups -OCH3 is 1. The molecule has 0 bridgehead atoms. The van der Waals surface area contributed by atoms with E-state index in [1.54, 1.807) is 26.0 Å². The van der Waals surface area contributed by atoms with Gasteiger partial charge >= 0.3 is 5.97 Å². The summed E-state index contributed by atoms with van der Waals surface area (Å²) in [4.78, 5) is 22.3. The number of hydrogen-bond donors (Lipinski definition) is 0. The van der Waals surface area contributed by atoms with Gasteiger partial charge in [-0.1, -0.05) is 6.92 Å². The van der Waals surface area contributed by atoms with Crippen molar-refractivity contribution in [2.45, 2.75) is 13.8 Å². The number of hydrazine groups is 1. The van der Waals surface area contributed by atoms with E-state index in [-0.39, 0.29) is 17.8 Å². The summed E-state index contributed by atoms with van der Waals surface area (Å²) in [5.41, 5.74) is 0. The molecule has 82 valence electrons. The number of carbonyl (C=O) groups is 2. The topological polar surface area (TPSA) is 49.9 Å². The highest BCUT2D eigenvalue weighted by Crippen LogP contribution is 2.03. The van der Waals surface area contributed by atoms with Gasteiger partial charge in [-0.2, -0.15) is 0 Å². The molecular weight excluding hydrogens is 184 g/mol. The minimum atomic E-state index is -0.314. The molecule has 0 spiro atoms. The number of ether oxygens (including phenoxy) is 1. The van der Waals surface area contributed by atoms with Crippen LogP contribution in [0.4, 0.5) is 0 Å². The van der Waals surface area contributed by atoms with Gasteiger partial charge in [0.2, 0.25) is 5.91 Å². The van der Waals surface area contributed by atoms with Gasteiger partial charge in [0.25, 0.3) is 0 Å². The highest BCUT2D eigenvalue weighted by atomic mass is 16.5. The second-order valence-corrected chi connectivity index (χ2v) is 3.37. The van der Waals surface area contributed by atoms with Crippen LogP contribution in [0.2, 0.25) is 0 Å². The molecule has 5 heteroatoms. The van der Waals surface area contributed by atoms with Crippen LogP contribution >= 0.6 is 0 Å². The van der Waals surface area contributed by atoms with Crippen LogP contribution in [0.3, 0.4) is 0 Å². The van der Waals surface area contributed by atoms with Gasteiger partial charge in [-0.05, 0) is 0 Å². The lowest BCUT2D eigenvalue weighted by Gasteiger charge is -2.29. The molecule has 0 aromatic heterocycles. The van der Waals surface area contributed by atoms with Gasteiger partial charge in [0, 0.05) is 21.0 Å². The van der Waals surface area contributed by atoms with Crippen molar-refractivity contribution in [1.29, 1.82) is 0 Å². The molecule has 0 aromatic rings. The Morgan fingerprint density at radius 2 is 1.86 bits per heavy atom. The zero-order chi connectivity index (χ0) is 11.3. The molecule has 5 nitrogen and oxygen atoms in total. The van der Waals surface area contributed by atoms with E-state index in [0.29, 0.717) is 6.54 Å². The van der Waals surface area contributed by atoms with Crippen LogP contribution in [-0.4, -0.2) is 49.6 Å². The van der Waals surface area contributed by atoms with Crippen molar-refractivity contribution >= 4 is 11.9 Å². The van der Waals surface area contributed by atoms with Crippen molar-refractivity contribution in [3.05, 3.63) is 0 Å². The molecule has 0 saturated heterocycles. The average Bonchev–Trinajstić information content (AvgIpc) is 2.11. The van der Waals surface area contributed by atoms with Gasteiger partial charge in [-0.25, -0.2) is 5.01 Å². The highest BCUT2D eigenvalue weighted by molar-refractivity contribution is 5.75. The summed E-state index contributed by atoms with van der Waals surface area (Å²) in [7, 11) is 4.85. The quantitative estimate of drug-likeness (QED) is 0.480. The Kier molecular flexibility index (Phi) is 5.15. The molecule has 14 heavy (non-hydrogen) atoms. The first kappa shape index (κ1) is 12.9. The Labute approximate surface area is 84.6 Å². The molecule has 1 unspecified atom stereocenters. The molecule has 1 amide bonds. The lowest BCUT2D eigenvalue weighted by molar-refractivity contribution is -0.151. The first-order valence-corrected chi connectivity index (χ1v) is 4.43. The zero-order valence-corrected chi connectivity index (χ0v) is 9.40. The maximum Gasteiger partial charge on any atom is 0.310 e. The third-order valence-electron chi connectivity index (χ3n) is 1.90. The second-order valence-electron chi connectivity index (χ2n) is 3.37. The van der Waals surface area contributed by atoms with Crippen LogP contribution in [0.25, 0.3) is 0 Å². The van der Waals surface area contributed by atoms with Gasteiger partial charge < -0.3 is 4.74 Å². The summed E-state index contributed by atoms with van der Waals surface area (Å²) < 4.78 is 4.58. The lowest BCUT2D eigenvalue weighted by Crippen LogP contribution is -2.44. The molecule has 0 saturated carbocycles. The number of carbonyl (C=O) groups excluding carboxylic acids is 2. The van der Waals surface area contributed by atoms with E-state index >= 15 is 0 Å². The molecule has 0 rings (SSSR count). The van der Waals surface area contributed by atoms with Crippen LogP contribution in [0, 0.1) is 5.92 Å². The highest BCUT2D eigenvalue weighted by Gasteiger charge is 2.20. The number of rotatable bonds is 4. The summed E-state index contributed by atoms with van der Waals surface area (Å²) in [6, 6.07) is 0. The zero-order valence-electron chi connectivity index (χ0n) is 9.40. The fraction of sp³-hybridized carbons (Fsp3) is 0.778. The standard InChI is InChI=1S/C9H18N2O3/c1-7(9(13)14-5)6-11(8(2)12)10(3)4/h7H,6H2,1-5H3. The van der Waals surface area contributed by atoms with E-state index in [0.717, 1.165) is 0 Å². The van der Waals surface area contributed by atoms with E-state index in [1.807, 2.05) is 0 Å². The molecule has 1 atom stereocenters. The van der Waals surface area contributed by atoms with E-state index < -0.39 is 0 Å². The van der Waals surface area contributed by atoms with Crippen molar-refractivity contribution in [2.75, 3.05) is 27.7 Å². The Balaban J connectivity index is 4.30. The summed E-state index contributed by atoms with van der Waals surface area (Å²) in [6.07, 6.45) is 0. The molecule has 0 fully saturated rings. The van der Waals surface area contributed by atoms with E-state index in [1.165, 1.54) is 19.0 Å². The molecule has 0 heterocycles. The third kappa shape index (κ3) is 3.74. The number of nitrogens with zero attached hydrogens (tertiary/aromatic N) is 2. The fourth-order valence-corrected chi connectivity index (χ4v) is 1.11. The van der Waals surface area contributed by atoms with Crippen molar-refractivity contribution in [3.63, 3.8) is 0 Å². The smallest absolute Gasteiger partial charge is 0.310 e. The molecule has 0 aliphatic rings. The molecule has 0 radical (unpaired) electrons. The lowest BCUT2D eigenvalue weighted by atomic mass is 10.2. The van der Waals surface area contributed by atoms with Gasteiger partial charge in [0.15, 0.2) is 0 Å². The fourth-order valence-electron chi connectivity index (χ4n) is 1.11. The Bertz CT molecular complexity index is 216.